The van der Waals surface area contributed by atoms with Crippen molar-refractivity contribution in [2.24, 2.45) is 5.73 Å². The summed E-state index contributed by atoms with van der Waals surface area (Å²) in [6.07, 6.45) is 2.66. The van der Waals surface area contributed by atoms with Crippen LogP contribution in [0, 0.1) is 0 Å². The Morgan fingerprint density at radius 2 is 1.87 bits per heavy atom. The summed E-state index contributed by atoms with van der Waals surface area (Å²) in [6.45, 7) is 0. The maximum Gasteiger partial charge on any atom is 0.267 e. The van der Waals surface area contributed by atoms with Crippen LogP contribution in [0.3, 0.4) is 0 Å². The maximum absolute atomic E-state index is 10.7. The van der Waals surface area contributed by atoms with Crippen molar-refractivity contribution < 1.29 is 14.8 Å². The zero-order valence-corrected chi connectivity index (χ0v) is 7.81. The van der Waals surface area contributed by atoms with Gasteiger partial charge in [-0.15, -0.1) is 0 Å². The van der Waals surface area contributed by atoms with E-state index in [4.69, 9.17) is 10.9 Å². The molecule has 4 N–H and O–H groups in total. The van der Waals surface area contributed by atoms with E-state index in [1.165, 1.54) is 17.6 Å². The highest BCUT2D eigenvalue weighted by molar-refractivity contribution is 5.93. The molecular formula is C10H10N2O3. The second-order valence-corrected chi connectivity index (χ2v) is 2.80. The zero-order valence-electron chi connectivity index (χ0n) is 7.81. The first kappa shape index (κ1) is 10.9. The standard InChI is InChI=1S/C10H10N2O3/c11-10(14)8-4-1-7(2-5-8)3-6-9(13)12-15/h1-6,15H,(H2,11,14)(H,12,13)/b6-3+. The van der Waals surface area contributed by atoms with Gasteiger partial charge in [-0.05, 0) is 23.8 Å². The Kier molecular flexibility index (Phi) is 3.59. The molecule has 0 aliphatic carbocycles. The summed E-state index contributed by atoms with van der Waals surface area (Å²) in [7, 11) is 0. The van der Waals surface area contributed by atoms with Crippen LogP contribution >= 0.6 is 0 Å². The SMILES string of the molecule is NC(=O)c1ccc(/C=C/C(=O)NO)cc1. The number of carbonyl (C=O) groups is 2. The number of hydrogen-bond acceptors (Lipinski definition) is 3. The van der Waals surface area contributed by atoms with Gasteiger partial charge in [0.15, 0.2) is 0 Å². The number of benzene rings is 1. The molecule has 0 aliphatic heterocycles. The van der Waals surface area contributed by atoms with Gasteiger partial charge >= 0.3 is 0 Å². The monoisotopic (exact) mass is 206 g/mol. The minimum absolute atomic E-state index is 0.402. The number of primary amides is 1. The molecule has 15 heavy (non-hydrogen) atoms. The minimum atomic E-state index is -0.617. The van der Waals surface area contributed by atoms with Crippen LogP contribution in [0.4, 0.5) is 0 Å². The Morgan fingerprint density at radius 1 is 1.27 bits per heavy atom. The molecule has 1 aromatic carbocycles. The lowest BCUT2D eigenvalue weighted by Crippen LogP contribution is -2.14. The van der Waals surface area contributed by atoms with Gasteiger partial charge in [-0.25, -0.2) is 5.48 Å². The van der Waals surface area contributed by atoms with Gasteiger partial charge in [0.2, 0.25) is 5.91 Å². The van der Waals surface area contributed by atoms with Gasteiger partial charge in [0.1, 0.15) is 0 Å². The zero-order chi connectivity index (χ0) is 11.3. The lowest BCUT2D eigenvalue weighted by Gasteiger charge is -1.96. The van der Waals surface area contributed by atoms with Crippen LogP contribution in [0.1, 0.15) is 15.9 Å². The number of carbonyl (C=O) groups excluding carboxylic acids is 2. The van der Waals surface area contributed by atoms with Crippen molar-refractivity contribution in [2.45, 2.75) is 0 Å². The van der Waals surface area contributed by atoms with Crippen LogP contribution in [-0.2, 0) is 4.79 Å². The van der Waals surface area contributed by atoms with E-state index in [-0.39, 0.29) is 0 Å². The molecule has 0 bridgehead atoms. The fourth-order valence-electron chi connectivity index (χ4n) is 0.968. The van der Waals surface area contributed by atoms with E-state index in [0.717, 1.165) is 5.56 Å². The summed E-state index contributed by atoms with van der Waals surface area (Å²) < 4.78 is 0. The lowest BCUT2D eigenvalue weighted by molar-refractivity contribution is -0.124. The molecule has 0 aliphatic rings. The summed E-state index contributed by atoms with van der Waals surface area (Å²) in [4.78, 5) is 21.4. The smallest absolute Gasteiger partial charge is 0.267 e. The van der Waals surface area contributed by atoms with E-state index in [9.17, 15) is 9.59 Å². The average Bonchev–Trinajstić information content (AvgIpc) is 2.26. The van der Waals surface area contributed by atoms with Crippen molar-refractivity contribution in [3.8, 4) is 0 Å². The largest absolute Gasteiger partial charge is 0.366 e. The molecule has 1 aromatic rings. The van der Waals surface area contributed by atoms with Crippen molar-refractivity contribution in [1.82, 2.24) is 5.48 Å². The Hall–Kier alpha value is -2.14. The Bertz CT molecular complexity index is 396. The van der Waals surface area contributed by atoms with E-state index in [1.54, 1.807) is 24.3 Å². The number of hydrogen-bond donors (Lipinski definition) is 3. The quantitative estimate of drug-likeness (QED) is 0.377. The highest BCUT2D eigenvalue weighted by atomic mass is 16.5. The highest BCUT2D eigenvalue weighted by Crippen LogP contribution is 2.05. The lowest BCUT2D eigenvalue weighted by atomic mass is 10.1. The Balaban J connectivity index is 2.77. The van der Waals surface area contributed by atoms with Gasteiger partial charge < -0.3 is 5.73 Å². The third-order valence-corrected chi connectivity index (χ3v) is 1.73. The first-order valence-corrected chi connectivity index (χ1v) is 4.15. The second kappa shape index (κ2) is 4.92. The molecule has 1 rings (SSSR count). The molecule has 2 amide bonds. The molecule has 0 spiro atoms. The fraction of sp³-hybridized carbons (Fsp3) is 0. The Labute approximate surface area is 86.2 Å². The number of rotatable bonds is 3. The van der Waals surface area contributed by atoms with Crippen molar-refractivity contribution in [2.75, 3.05) is 0 Å². The van der Waals surface area contributed by atoms with Crippen LogP contribution in [0.5, 0.6) is 0 Å². The molecule has 5 nitrogen and oxygen atoms in total. The molecule has 0 atom stereocenters. The van der Waals surface area contributed by atoms with Crippen molar-refractivity contribution in [3.05, 3.63) is 41.5 Å². The first-order chi connectivity index (χ1) is 7.13. The van der Waals surface area contributed by atoms with Crippen LogP contribution in [0.25, 0.3) is 6.08 Å². The molecule has 0 radical (unpaired) electrons. The van der Waals surface area contributed by atoms with E-state index in [0.29, 0.717) is 5.56 Å². The van der Waals surface area contributed by atoms with Crippen LogP contribution in [-0.4, -0.2) is 17.0 Å². The third-order valence-electron chi connectivity index (χ3n) is 1.73. The number of nitrogens with two attached hydrogens (primary N) is 1. The van der Waals surface area contributed by atoms with E-state index < -0.39 is 11.8 Å². The highest BCUT2D eigenvalue weighted by Gasteiger charge is 1.98. The van der Waals surface area contributed by atoms with E-state index in [2.05, 4.69) is 0 Å². The fourth-order valence-corrected chi connectivity index (χ4v) is 0.968. The van der Waals surface area contributed by atoms with Crippen LogP contribution in [0.2, 0.25) is 0 Å². The molecule has 0 heterocycles. The van der Waals surface area contributed by atoms with E-state index in [1.807, 2.05) is 0 Å². The predicted octanol–water partition coefficient (Wildman–Crippen LogP) is 0.304. The van der Waals surface area contributed by atoms with Gasteiger partial charge in [0, 0.05) is 11.6 Å². The molecule has 0 unspecified atom stereocenters. The summed E-state index contributed by atoms with van der Waals surface area (Å²) in [5, 5.41) is 8.22. The van der Waals surface area contributed by atoms with Crippen molar-refractivity contribution in [1.29, 1.82) is 0 Å². The van der Waals surface area contributed by atoms with Crippen LogP contribution in [0.15, 0.2) is 30.3 Å². The van der Waals surface area contributed by atoms with Gasteiger partial charge in [-0.2, -0.15) is 0 Å². The molecule has 78 valence electrons. The van der Waals surface area contributed by atoms with E-state index >= 15 is 0 Å². The summed E-state index contributed by atoms with van der Waals surface area (Å²) in [6, 6.07) is 6.39. The minimum Gasteiger partial charge on any atom is -0.366 e. The number of hydroxylamine groups is 1. The summed E-state index contributed by atoms with van der Waals surface area (Å²) >= 11 is 0. The summed E-state index contributed by atoms with van der Waals surface area (Å²) in [5.41, 5.74) is 7.65. The summed E-state index contributed by atoms with van der Waals surface area (Å²) in [5.74, 6) is -1.12. The molecule has 5 heteroatoms. The van der Waals surface area contributed by atoms with Gasteiger partial charge in [0.05, 0.1) is 0 Å². The number of amides is 2. The molecule has 0 fully saturated rings. The normalized spacial score (nSPS) is 10.2. The molecule has 0 aromatic heterocycles. The Morgan fingerprint density at radius 3 is 2.33 bits per heavy atom. The third kappa shape index (κ3) is 3.24. The van der Waals surface area contributed by atoms with Crippen LogP contribution < -0.4 is 11.2 Å². The van der Waals surface area contributed by atoms with Gasteiger partial charge in [-0.3, -0.25) is 14.8 Å². The predicted molar refractivity (Wildman–Crippen MR) is 53.9 cm³/mol. The first-order valence-electron chi connectivity index (χ1n) is 4.15. The van der Waals surface area contributed by atoms with Gasteiger partial charge in [-0.1, -0.05) is 12.1 Å². The molecular weight excluding hydrogens is 196 g/mol. The van der Waals surface area contributed by atoms with Crippen molar-refractivity contribution >= 4 is 17.9 Å². The molecule has 0 saturated heterocycles. The number of nitrogens with one attached hydrogen (secondary N) is 1. The molecule has 0 saturated carbocycles. The maximum atomic E-state index is 10.7. The van der Waals surface area contributed by atoms with Crippen molar-refractivity contribution in [3.63, 3.8) is 0 Å². The second-order valence-electron chi connectivity index (χ2n) is 2.80. The van der Waals surface area contributed by atoms with Gasteiger partial charge in [0.25, 0.3) is 5.91 Å². The topological polar surface area (TPSA) is 92.4 Å². The average molecular weight is 206 g/mol.